The second-order valence-corrected chi connectivity index (χ2v) is 13.1. The smallest absolute Gasteiger partial charge is 0.0992 e. The molecule has 4 nitrogen and oxygen atoms in total. The number of nitrogens with zero attached hydrogens (tertiary/aromatic N) is 4. The second kappa shape index (κ2) is 10.9. The summed E-state index contributed by atoms with van der Waals surface area (Å²) in [5.41, 5.74) is 14.9. The van der Waals surface area contributed by atoms with Gasteiger partial charge in [-0.2, -0.15) is 10.5 Å². The van der Waals surface area contributed by atoms with Crippen molar-refractivity contribution in [2.24, 2.45) is 0 Å². The van der Waals surface area contributed by atoms with E-state index in [0.29, 0.717) is 11.1 Å². The second-order valence-electron chi connectivity index (χ2n) is 13.1. The fourth-order valence-electron chi connectivity index (χ4n) is 8.74. The Hall–Kier alpha value is -7.14. The Bertz CT molecular complexity index is 2660. The molecule has 51 heavy (non-hydrogen) atoms. The van der Waals surface area contributed by atoms with Crippen LogP contribution in [-0.4, -0.2) is 4.57 Å². The number of nitriles is 2. The summed E-state index contributed by atoms with van der Waals surface area (Å²) in [6.07, 6.45) is 0. The zero-order chi connectivity index (χ0) is 34.1. The van der Waals surface area contributed by atoms with Crippen LogP contribution in [0.2, 0.25) is 0 Å². The minimum Gasteiger partial charge on any atom is -0.310 e. The molecule has 0 unspecified atom stereocenters. The molecule has 0 saturated carbocycles. The third-order valence-electron chi connectivity index (χ3n) is 10.6. The van der Waals surface area contributed by atoms with Crippen LogP contribution in [0.5, 0.6) is 0 Å². The van der Waals surface area contributed by atoms with Crippen LogP contribution in [0.3, 0.4) is 0 Å². The van der Waals surface area contributed by atoms with Crippen molar-refractivity contribution in [3.05, 3.63) is 203 Å². The Morgan fingerprint density at radius 1 is 0.471 bits per heavy atom. The van der Waals surface area contributed by atoms with Gasteiger partial charge >= 0.3 is 0 Å². The van der Waals surface area contributed by atoms with Gasteiger partial charge in [0.25, 0.3) is 0 Å². The highest BCUT2D eigenvalue weighted by molar-refractivity contribution is 6.06. The summed E-state index contributed by atoms with van der Waals surface area (Å²) < 4.78 is 2.28. The first-order valence-corrected chi connectivity index (χ1v) is 17.1. The van der Waals surface area contributed by atoms with Crippen LogP contribution in [0.15, 0.2) is 170 Å². The van der Waals surface area contributed by atoms with Crippen molar-refractivity contribution < 1.29 is 0 Å². The number of fused-ring (bicyclic) bond motifs is 12. The molecular weight excluding hydrogens is 621 g/mol. The molecule has 1 spiro atoms. The molecule has 236 valence electrons. The summed E-state index contributed by atoms with van der Waals surface area (Å²) in [5, 5.41) is 21.3. The molecular formula is C47H28N4. The predicted molar refractivity (Wildman–Crippen MR) is 204 cm³/mol. The number of para-hydroxylation sites is 2. The zero-order valence-corrected chi connectivity index (χ0v) is 27.5. The molecule has 7 aromatic carbocycles. The summed E-state index contributed by atoms with van der Waals surface area (Å²) in [6, 6.07) is 64.1. The van der Waals surface area contributed by atoms with E-state index in [9.17, 15) is 10.5 Å². The Kier molecular flexibility index (Phi) is 6.18. The Labute approximate surface area is 296 Å². The van der Waals surface area contributed by atoms with Gasteiger partial charge in [0.15, 0.2) is 0 Å². The summed E-state index contributed by atoms with van der Waals surface area (Å²) in [4.78, 5) is 2.30. The van der Waals surface area contributed by atoms with Crippen LogP contribution in [0.25, 0.3) is 39.0 Å². The maximum atomic E-state index is 10.1. The zero-order valence-electron chi connectivity index (χ0n) is 27.5. The first-order valence-electron chi connectivity index (χ1n) is 17.1. The average molecular weight is 649 g/mol. The van der Waals surface area contributed by atoms with Crippen molar-refractivity contribution in [1.29, 1.82) is 10.5 Å². The van der Waals surface area contributed by atoms with E-state index in [1.165, 1.54) is 33.4 Å². The highest BCUT2D eigenvalue weighted by Crippen LogP contribution is 2.65. The highest BCUT2D eigenvalue weighted by Gasteiger charge is 2.54. The van der Waals surface area contributed by atoms with E-state index in [2.05, 4.69) is 161 Å². The predicted octanol–water partition coefficient (Wildman–Crippen LogP) is 11.2. The molecule has 0 atom stereocenters. The molecule has 0 saturated heterocycles. The molecule has 2 aliphatic rings. The quantitative estimate of drug-likeness (QED) is 0.191. The van der Waals surface area contributed by atoms with E-state index < -0.39 is 5.41 Å². The van der Waals surface area contributed by atoms with Crippen molar-refractivity contribution in [1.82, 2.24) is 4.57 Å². The normalized spacial score (nSPS) is 12.8. The molecule has 0 amide bonds. The van der Waals surface area contributed by atoms with Crippen LogP contribution < -0.4 is 4.90 Å². The number of benzene rings is 7. The van der Waals surface area contributed by atoms with Gasteiger partial charge in [0.05, 0.1) is 39.9 Å². The first-order chi connectivity index (χ1) is 25.2. The van der Waals surface area contributed by atoms with Gasteiger partial charge in [-0.15, -0.1) is 0 Å². The number of anilines is 3. The topological polar surface area (TPSA) is 55.8 Å². The van der Waals surface area contributed by atoms with Crippen LogP contribution >= 0.6 is 0 Å². The first kappa shape index (κ1) is 28.8. The van der Waals surface area contributed by atoms with Gasteiger partial charge < -0.3 is 9.47 Å². The van der Waals surface area contributed by atoms with Crippen molar-refractivity contribution in [2.45, 2.75) is 5.41 Å². The molecule has 4 heteroatoms. The Balaban J connectivity index is 1.39. The van der Waals surface area contributed by atoms with Gasteiger partial charge in [0, 0.05) is 39.3 Å². The third kappa shape index (κ3) is 3.93. The van der Waals surface area contributed by atoms with Gasteiger partial charge in [-0.3, -0.25) is 0 Å². The summed E-state index contributed by atoms with van der Waals surface area (Å²) in [5.74, 6) is 0. The monoisotopic (exact) mass is 648 g/mol. The van der Waals surface area contributed by atoms with Crippen LogP contribution in [-0.2, 0) is 5.41 Å². The molecule has 0 fully saturated rings. The summed E-state index contributed by atoms with van der Waals surface area (Å²) >= 11 is 0. The van der Waals surface area contributed by atoms with Gasteiger partial charge in [-0.25, -0.2) is 0 Å². The Morgan fingerprint density at radius 2 is 0.961 bits per heavy atom. The molecule has 0 N–H and O–H groups in total. The molecule has 1 aromatic heterocycles. The van der Waals surface area contributed by atoms with Gasteiger partial charge in [0.2, 0.25) is 0 Å². The number of aromatic nitrogens is 1. The molecule has 1 heterocycles. The van der Waals surface area contributed by atoms with Crippen molar-refractivity contribution in [3.63, 3.8) is 0 Å². The standard InChI is InChI=1S/C47H28N4/c48-29-31-25-32(30-49)27-36(26-31)51-44-24-23-35(50(33-13-3-1-4-14-33)34-15-5-2-6-16-34)28-40(44)45-46(51)39-19-9-12-22-43(39)47(45)41-20-10-7-17-37(41)38-18-8-11-21-42(38)47/h1-28H. The van der Waals surface area contributed by atoms with Gasteiger partial charge in [0.1, 0.15) is 0 Å². The van der Waals surface area contributed by atoms with E-state index in [4.69, 9.17) is 0 Å². The molecule has 0 bridgehead atoms. The summed E-state index contributed by atoms with van der Waals surface area (Å²) in [6.45, 7) is 0. The molecule has 0 aliphatic heterocycles. The third-order valence-corrected chi connectivity index (χ3v) is 10.6. The molecule has 8 aromatic rings. The maximum absolute atomic E-state index is 10.1. The molecule has 0 radical (unpaired) electrons. The minimum atomic E-state index is -0.587. The van der Waals surface area contributed by atoms with Crippen LogP contribution in [0.4, 0.5) is 17.1 Å². The summed E-state index contributed by atoms with van der Waals surface area (Å²) in [7, 11) is 0. The fraction of sp³-hybridized carbons (Fsp3) is 0.0213. The average Bonchev–Trinajstić information content (AvgIpc) is 3.80. The molecule has 10 rings (SSSR count). The van der Waals surface area contributed by atoms with Crippen LogP contribution in [0, 0.1) is 22.7 Å². The number of hydrogen-bond acceptors (Lipinski definition) is 3. The lowest BCUT2D eigenvalue weighted by Gasteiger charge is -2.30. The fourth-order valence-corrected chi connectivity index (χ4v) is 8.74. The van der Waals surface area contributed by atoms with Crippen molar-refractivity contribution in [2.75, 3.05) is 4.90 Å². The highest BCUT2D eigenvalue weighted by atomic mass is 15.1. The lowest BCUT2D eigenvalue weighted by molar-refractivity contribution is 0.801. The SMILES string of the molecule is N#Cc1cc(C#N)cc(-n2c3c(c4cc(N(c5ccccc5)c5ccccc5)ccc42)C2(c4ccccc4-c4ccccc42)c2ccccc2-3)c1. The molecule has 2 aliphatic carbocycles. The lowest BCUT2D eigenvalue weighted by Crippen LogP contribution is -2.25. The van der Waals surface area contributed by atoms with E-state index >= 15 is 0 Å². The lowest BCUT2D eigenvalue weighted by atomic mass is 9.70. The van der Waals surface area contributed by atoms with E-state index in [1.54, 1.807) is 6.07 Å². The van der Waals surface area contributed by atoms with E-state index in [1.807, 2.05) is 24.3 Å². The number of rotatable bonds is 4. The van der Waals surface area contributed by atoms with Gasteiger partial charge in [-0.1, -0.05) is 109 Å². The van der Waals surface area contributed by atoms with E-state index in [-0.39, 0.29) is 0 Å². The Morgan fingerprint density at radius 3 is 1.51 bits per heavy atom. The van der Waals surface area contributed by atoms with Gasteiger partial charge in [-0.05, 0) is 88.5 Å². The largest absolute Gasteiger partial charge is 0.310 e. The van der Waals surface area contributed by atoms with E-state index in [0.717, 1.165) is 44.9 Å². The minimum absolute atomic E-state index is 0.452. The van der Waals surface area contributed by atoms with Crippen molar-refractivity contribution in [3.8, 4) is 40.2 Å². The van der Waals surface area contributed by atoms with Crippen molar-refractivity contribution >= 4 is 28.0 Å². The number of hydrogen-bond donors (Lipinski definition) is 0. The van der Waals surface area contributed by atoms with Crippen LogP contribution in [0.1, 0.15) is 33.4 Å². The maximum Gasteiger partial charge on any atom is 0.0992 e.